The fourth-order valence-corrected chi connectivity index (χ4v) is 9.14. The Bertz CT molecular complexity index is 1220. The van der Waals surface area contributed by atoms with Crippen LogP contribution >= 0.6 is 0 Å². The van der Waals surface area contributed by atoms with Crippen LogP contribution in [0.15, 0.2) is 18.2 Å². The lowest BCUT2D eigenvalue weighted by molar-refractivity contribution is -0.449. The second-order valence-corrected chi connectivity index (χ2v) is 11.9. The van der Waals surface area contributed by atoms with Crippen LogP contribution in [-0.2, 0) is 10.2 Å². The molecule has 0 radical (unpaired) electrons. The monoisotopic (exact) mass is 468 g/mol. The molecule has 182 valence electrons. The van der Waals surface area contributed by atoms with Gasteiger partial charge in [-0.2, -0.15) is 0 Å². The Kier molecular flexibility index (Phi) is 3.96. The molecule has 1 aromatic heterocycles. The molecule has 0 amide bonds. The Morgan fingerprint density at radius 1 is 1.03 bits per heavy atom. The first kappa shape index (κ1) is 21.4. The zero-order chi connectivity index (χ0) is 23.8. The van der Waals surface area contributed by atoms with Crippen LogP contribution in [0.2, 0.25) is 0 Å². The number of aliphatic hydroxyl groups is 4. The van der Waals surface area contributed by atoms with E-state index in [1.807, 2.05) is 12.1 Å². The van der Waals surface area contributed by atoms with E-state index < -0.39 is 34.9 Å². The molecule has 4 bridgehead atoms. The molecule has 3 unspecified atom stereocenters. The quantitative estimate of drug-likeness (QED) is 0.498. The number of nitrogens with zero attached hydrogens (tertiary/aromatic N) is 2. The number of aromatic nitrogens is 2. The van der Waals surface area contributed by atoms with E-state index in [9.17, 15) is 20.4 Å². The molecule has 6 aliphatic rings. The summed E-state index contributed by atoms with van der Waals surface area (Å²) in [6, 6.07) is 5.47. The first-order chi connectivity index (χ1) is 16.1. The smallest absolute Gasteiger partial charge is 0.206 e. The second kappa shape index (κ2) is 6.28. The van der Waals surface area contributed by atoms with Gasteiger partial charge in [0.2, 0.25) is 5.79 Å². The molecule has 9 atom stereocenters. The van der Waals surface area contributed by atoms with Gasteiger partial charge in [-0.1, -0.05) is 13.8 Å². The zero-order valence-electron chi connectivity index (χ0n) is 19.7. The van der Waals surface area contributed by atoms with Crippen LogP contribution in [0.1, 0.15) is 56.8 Å². The van der Waals surface area contributed by atoms with Crippen molar-refractivity contribution in [2.45, 2.75) is 75.0 Å². The van der Waals surface area contributed by atoms with E-state index in [-0.39, 0.29) is 29.8 Å². The Morgan fingerprint density at radius 2 is 1.82 bits per heavy atom. The van der Waals surface area contributed by atoms with Crippen molar-refractivity contribution < 1.29 is 29.9 Å². The number of rotatable bonds is 1. The van der Waals surface area contributed by atoms with Crippen LogP contribution in [-0.4, -0.2) is 68.2 Å². The van der Waals surface area contributed by atoms with Gasteiger partial charge in [-0.15, -0.1) is 0 Å². The van der Waals surface area contributed by atoms with Gasteiger partial charge in [0.25, 0.3) is 0 Å². The van der Waals surface area contributed by atoms with E-state index in [0.29, 0.717) is 47.4 Å². The molecule has 3 heterocycles. The van der Waals surface area contributed by atoms with Crippen molar-refractivity contribution >= 4 is 11.0 Å². The average Bonchev–Trinajstić information content (AvgIpc) is 2.94. The van der Waals surface area contributed by atoms with Gasteiger partial charge >= 0.3 is 0 Å². The normalized spacial score (nSPS) is 47.7. The highest BCUT2D eigenvalue weighted by atomic mass is 16.6. The number of hydrogen-bond donors (Lipinski definition) is 4. The summed E-state index contributed by atoms with van der Waals surface area (Å²) in [7, 11) is 1.59. The number of ether oxygens (including phenoxy) is 2. The summed E-state index contributed by atoms with van der Waals surface area (Å²) in [5, 5.41) is 47.6. The molecular weight excluding hydrogens is 436 g/mol. The summed E-state index contributed by atoms with van der Waals surface area (Å²) in [5.74, 6) is -2.36. The van der Waals surface area contributed by atoms with E-state index >= 15 is 0 Å². The predicted molar refractivity (Wildman–Crippen MR) is 121 cm³/mol. The Labute approximate surface area is 197 Å². The number of methoxy groups -OCH3 is 1. The first-order valence-corrected chi connectivity index (χ1v) is 12.4. The predicted octanol–water partition coefficient (Wildman–Crippen LogP) is 1.62. The van der Waals surface area contributed by atoms with E-state index in [1.165, 1.54) is 0 Å². The summed E-state index contributed by atoms with van der Waals surface area (Å²) in [6.07, 6.45) is -0.267. The van der Waals surface area contributed by atoms with Gasteiger partial charge in [0.1, 0.15) is 17.3 Å². The molecule has 2 saturated heterocycles. The summed E-state index contributed by atoms with van der Waals surface area (Å²) >= 11 is 0. The van der Waals surface area contributed by atoms with Crippen LogP contribution in [0.5, 0.6) is 5.75 Å². The van der Waals surface area contributed by atoms with Crippen molar-refractivity contribution in [2.24, 2.45) is 22.7 Å². The second-order valence-electron chi connectivity index (χ2n) is 11.9. The maximum absolute atomic E-state index is 12.3. The van der Waals surface area contributed by atoms with Crippen LogP contribution in [0.3, 0.4) is 0 Å². The van der Waals surface area contributed by atoms with E-state index in [2.05, 4.69) is 13.8 Å². The lowest BCUT2D eigenvalue weighted by Crippen LogP contribution is -2.86. The Hall–Kier alpha value is -1.84. The van der Waals surface area contributed by atoms with Crippen LogP contribution in [0.4, 0.5) is 0 Å². The van der Waals surface area contributed by atoms with Crippen molar-refractivity contribution in [3.8, 4) is 5.75 Å². The molecule has 4 N–H and O–H groups in total. The number of aliphatic hydroxyl groups excluding tert-OH is 3. The molecule has 4 aliphatic carbocycles. The van der Waals surface area contributed by atoms with Crippen LogP contribution in [0.25, 0.3) is 11.0 Å². The summed E-state index contributed by atoms with van der Waals surface area (Å²) in [4.78, 5) is 9.90. The Morgan fingerprint density at radius 3 is 2.59 bits per heavy atom. The van der Waals surface area contributed by atoms with Gasteiger partial charge in [-0.3, -0.25) is 0 Å². The summed E-state index contributed by atoms with van der Waals surface area (Å²) in [5.41, 5.74) is 0.0110. The van der Waals surface area contributed by atoms with Crippen molar-refractivity contribution in [3.63, 3.8) is 0 Å². The maximum Gasteiger partial charge on any atom is 0.206 e. The van der Waals surface area contributed by atoms with Crippen LogP contribution in [0, 0.1) is 22.7 Å². The number of benzene rings is 1. The molecule has 2 aromatic rings. The third kappa shape index (κ3) is 2.04. The average molecular weight is 469 g/mol. The first-order valence-electron chi connectivity index (χ1n) is 12.4. The van der Waals surface area contributed by atoms with Gasteiger partial charge in [0.15, 0.2) is 0 Å². The fraction of sp³-hybridized carbons (Fsp3) is 0.692. The van der Waals surface area contributed by atoms with Gasteiger partial charge in [-0.05, 0) is 49.1 Å². The molecular formula is C26H32N2O6. The minimum absolute atomic E-state index is 0.157. The third-order valence-corrected chi connectivity index (χ3v) is 10.4. The SMILES string of the molecule is COc1ccc2nc3c(nc2c1)C12C(CC[C@@H]3[C@H]1O)[C@@]13CO[C@@]2(O)[C@@H](O)C1C(C)(C)CC[C@@H]3O. The van der Waals surface area contributed by atoms with E-state index in [0.717, 1.165) is 6.42 Å². The number of fused-ring (bicyclic) bond motifs is 5. The standard InChI is InChI=1S/C26H32N2O6/c1-23(2)9-8-17(29)24-11-34-26(32,22(31)19(23)24)25-16(24)7-5-13(21(25)30)18-20(25)28-15-10-12(33-3)4-6-14(15)27-18/h4,6,10,13,16-17,19,21-22,29-32H,5,7-9,11H2,1-3H3/t13-,16?,17-,19?,21+,22-,24+,25?,26-/m0/s1. The summed E-state index contributed by atoms with van der Waals surface area (Å²) in [6.45, 7) is 4.37. The fourth-order valence-electron chi connectivity index (χ4n) is 9.14. The van der Waals surface area contributed by atoms with Gasteiger partial charge < -0.3 is 29.9 Å². The van der Waals surface area contributed by atoms with E-state index in [1.54, 1.807) is 13.2 Å². The molecule has 2 spiro atoms. The molecule has 8 nitrogen and oxygen atoms in total. The van der Waals surface area contributed by atoms with Gasteiger partial charge in [0.05, 0.1) is 48.3 Å². The summed E-state index contributed by atoms with van der Waals surface area (Å²) < 4.78 is 11.6. The van der Waals surface area contributed by atoms with Crippen molar-refractivity contribution in [3.05, 3.63) is 29.6 Å². The molecule has 3 saturated carbocycles. The zero-order valence-corrected chi connectivity index (χ0v) is 19.7. The minimum atomic E-state index is -2.02. The Balaban J connectivity index is 1.54. The molecule has 8 rings (SSSR count). The molecule has 8 heteroatoms. The maximum atomic E-state index is 12.3. The highest BCUT2D eigenvalue weighted by molar-refractivity contribution is 5.77. The molecule has 5 fully saturated rings. The largest absolute Gasteiger partial charge is 0.497 e. The molecule has 1 aromatic carbocycles. The van der Waals surface area contributed by atoms with Crippen molar-refractivity contribution in [2.75, 3.05) is 13.7 Å². The highest BCUT2D eigenvalue weighted by Gasteiger charge is 2.85. The van der Waals surface area contributed by atoms with Crippen LogP contribution < -0.4 is 4.74 Å². The number of hydrogen-bond acceptors (Lipinski definition) is 8. The molecule has 34 heavy (non-hydrogen) atoms. The lowest BCUT2D eigenvalue weighted by Gasteiger charge is -2.75. The molecule has 2 aliphatic heterocycles. The third-order valence-electron chi connectivity index (χ3n) is 10.4. The van der Waals surface area contributed by atoms with Gasteiger partial charge in [0, 0.05) is 23.3 Å². The van der Waals surface area contributed by atoms with Gasteiger partial charge in [-0.25, -0.2) is 9.97 Å². The minimum Gasteiger partial charge on any atom is -0.497 e. The van der Waals surface area contributed by atoms with Crippen molar-refractivity contribution in [1.29, 1.82) is 0 Å². The topological polar surface area (TPSA) is 125 Å². The lowest BCUT2D eigenvalue weighted by atomic mass is 9.35. The van der Waals surface area contributed by atoms with Crippen molar-refractivity contribution in [1.82, 2.24) is 9.97 Å². The van der Waals surface area contributed by atoms with E-state index in [4.69, 9.17) is 19.4 Å². The highest BCUT2D eigenvalue weighted by Crippen LogP contribution is 2.76.